The van der Waals surface area contributed by atoms with Crippen molar-refractivity contribution in [1.29, 1.82) is 0 Å². The van der Waals surface area contributed by atoms with Crippen LogP contribution in [0.4, 0.5) is 10.1 Å². The Hall–Kier alpha value is -3.43. The highest BCUT2D eigenvalue weighted by molar-refractivity contribution is 7.92. The summed E-state index contributed by atoms with van der Waals surface area (Å²) in [6, 6.07) is 17.5. The first kappa shape index (κ1) is 30.5. The minimum atomic E-state index is -4.19. The van der Waals surface area contributed by atoms with E-state index in [1.165, 1.54) is 41.3 Å². The van der Waals surface area contributed by atoms with Crippen LogP contribution in [0, 0.1) is 12.7 Å². The van der Waals surface area contributed by atoms with Gasteiger partial charge in [0, 0.05) is 17.6 Å². The number of benzene rings is 3. The van der Waals surface area contributed by atoms with Crippen molar-refractivity contribution in [2.75, 3.05) is 10.8 Å². The molecule has 218 valence electrons. The van der Waals surface area contributed by atoms with E-state index in [4.69, 9.17) is 11.6 Å². The first-order valence-corrected chi connectivity index (χ1v) is 15.6. The zero-order valence-corrected chi connectivity index (χ0v) is 24.8. The molecule has 1 atom stereocenters. The maximum atomic E-state index is 14.1. The van der Waals surface area contributed by atoms with Gasteiger partial charge in [-0.2, -0.15) is 0 Å². The maximum Gasteiger partial charge on any atom is 0.264 e. The summed E-state index contributed by atoms with van der Waals surface area (Å²) < 4.78 is 42.4. The van der Waals surface area contributed by atoms with E-state index in [1.807, 2.05) is 13.8 Å². The second-order valence-corrected chi connectivity index (χ2v) is 12.7. The number of hydrogen-bond donors (Lipinski definition) is 1. The first-order chi connectivity index (χ1) is 19.6. The Labute approximate surface area is 246 Å². The topological polar surface area (TPSA) is 86.8 Å². The third-order valence-electron chi connectivity index (χ3n) is 7.36. The Morgan fingerprint density at radius 2 is 1.59 bits per heavy atom. The summed E-state index contributed by atoms with van der Waals surface area (Å²) in [5, 5.41) is 3.46. The molecule has 7 nitrogen and oxygen atoms in total. The number of carbonyl (C=O) groups excluding carboxylic acids is 2. The van der Waals surface area contributed by atoms with E-state index in [1.54, 1.807) is 36.4 Å². The molecular formula is C31H35ClFN3O4S. The number of sulfonamides is 1. The molecule has 0 aromatic heterocycles. The summed E-state index contributed by atoms with van der Waals surface area (Å²) in [4.78, 5) is 28.9. The molecule has 0 spiro atoms. The number of halogens is 2. The number of aryl methyl sites for hydroxylation is 1. The SMILES string of the molecule is CC[C@@H](C(=O)NC1CCCC1)N(Cc1ccc(F)cc1)C(=O)CN(c1ccc(C)cc1)S(=O)(=O)c1ccc(Cl)cc1. The van der Waals surface area contributed by atoms with Gasteiger partial charge in [0.05, 0.1) is 10.6 Å². The molecule has 4 rings (SSSR count). The molecule has 1 saturated carbocycles. The van der Waals surface area contributed by atoms with E-state index < -0.39 is 34.3 Å². The summed E-state index contributed by atoms with van der Waals surface area (Å²) in [6.45, 7) is 3.17. The van der Waals surface area contributed by atoms with Crippen LogP contribution in [0.5, 0.6) is 0 Å². The average Bonchev–Trinajstić information content (AvgIpc) is 3.46. The zero-order chi connectivity index (χ0) is 29.6. The molecule has 0 unspecified atom stereocenters. The average molecular weight is 600 g/mol. The highest BCUT2D eigenvalue weighted by atomic mass is 35.5. The van der Waals surface area contributed by atoms with E-state index in [0.29, 0.717) is 22.7 Å². The second-order valence-electron chi connectivity index (χ2n) is 10.4. The Bertz CT molecular complexity index is 1440. The van der Waals surface area contributed by atoms with Crippen molar-refractivity contribution in [1.82, 2.24) is 10.2 Å². The fourth-order valence-electron chi connectivity index (χ4n) is 5.05. The van der Waals surface area contributed by atoms with Crippen molar-refractivity contribution < 1.29 is 22.4 Å². The lowest BCUT2D eigenvalue weighted by Crippen LogP contribution is -2.53. The molecule has 10 heteroatoms. The lowest BCUT2D eigenvalue weighted by Gasteiger charge is -2.33. The Morgan fingerprint density at radius 1 is 0.976 bits per heavy atom. The quantitative estimate of drug-likeness (QED) is 0.300. The smallest absolute Gasteiger partial charge is 0.264 e. The molecule has 3 aromatic carbocycles. The second kappa shape index (κ2) is 13.5. The van der Waals surface area contributed by atoms with Crippen LogP contribution in [0.1, 0.15) is 50.2 Å². The minimum absolute atomic E-state index is 0.0123. The summed E-state index contributed by atoms with van der Waals surface area (Å²) in [5.41, 5.74) is 1.86. The van der Waals surface area contributed by atoms with Crippen molar-refractivity contribution >= 4 is 39.1 Å². The van der Waals surface area contributed by atoms with Gasteiger partial charge in [-0.05, 0) is 80.3 Å². The third-order valence-corrected chi connectivity index (χ3v) is 9.40. The van der Waals surface area contributed by atoms with Gasteiger partial charge >= 0.3 is 0 Å². The molecule has 0 aliphatic heterocycles. The van der Waals surface area contributed by atoms with E-state index in [9.17, 15) is 22.4 Å². The largest absolute Gasteiger partial charge is 0.352 e. The van der Waals surface area contributed by atoms with Gasteiger partial charge < -0.3 is 10.2 Å². The van der Waals surface area contributed by atoms with Crippen LogP contribution >= 0.6 is 11.6 Å². The predicted molar refractivity (Wildman–Crippen MR) is 159 cm³/mol. The molecule has 3 aromatic rings. The van der Waals surface area contributed by atoms with Gasteiger partial charge in [-0.25, -0.2) is 12.8 Å². The van der Waals surface area contributed by atoms with Gasteiger partial charge in [-0.15, -0.1) is 0 Å². The number of nitrogens with one attached hydrogen (secondary N) is 1. The highest BCUT2D eigenvalue weighted by Crippen LogP contribution is 2.26. The fourth-order valence-corrected chi connectivity index (χ4v) is 6.59. The molecule has 41 heavy (non-hydrogen) atoms. The number of anilines is 1. The van der Waals surface area contributed by atoms with Gasteiger partial charge in [0.15, 0.2) is 0 Å². The molecule has 1 fully saturated rings. The Morgan fingerprint density at radius 3 is 2.17 bits per heavy atom. The summed E-state index contributed by atoms with van der Waals surface area (Å²) in [7, 11) is -4.19. The first-order valence-electron chi connectivity index (χ1n) is 13.8. The molecule has 0 bridgehead atoms. The summed E-state index contributed by atoms with van der Waals surface area (Å²) in [5.74, 6) is -1.25. The third kappa shape index (κ3) is 7.65. The van der Waals surface area contributed by atoms with E-state index in [2.05, 4.69) is 5.32 Å². The molecular weight excluding hydrogens is 565 g/mol. The normalized spacial score (nSPS) is 14.4. The summed E-state index contributed by atoms with van der Waals surface area (Å²) >= 11 is 6.00. The van der Waals surface area contributed by atoms with Crippen molar-refractivity contribution in [2.24, 2.45) is 0 Å². The lowest BCUT2D eigenvalue weighted by atomic mass is 10.1. The van der Waals surface area contributed by atoms with Gasteiger partial charge in [0.25, 0.3) is 10.0 Å². The van der Waals surface area contributed by atoms with Crippen LogP contribution in [0.15, 0.2) is 77.7 Å². The van der Waals surface area contributed by atoms with Crippen LogP contribution in [0.25, 0.3) is 0 Å². The van der Waals surface area contributed by atoms with E-state index in [0.717, 1.165) is 35.6 Å². The van der Waals surface area contributed by atoms with Gasteiger partial charge in [-0.3, -0.25) is 13.9 Å². The molecule has 0 radical (unpaired) electrons. The van der Waals surface area contributed by atoms with Crippen molar-refractivity contribution in [3.8, 4) is 0 Å². The molecule has 0 heterocycles. The Kier molecular flexibility index (Phi) is 10.0. The number of rotatable bonds is 11. The van der Waals surface area contributed by atoms with Gasteiger partial charge in [-0.1, -0.05) is 61.2 Å². The summed E-state index contributed by atoms with van der Waals surface area (Å²) in [6.07, 6.45) is 4.16. The van der Waals surface area contributed by atoms with Crippen LogP contribution in [0.2, 0.25) is 5.02 Å². The number of carbonyl (C=O) groups is 2. The maximum absolute atomic E-state index is 14.1. The van der Waals surface area contributed by atoms with E-state index >= 15 is 0 Å². The van der Waals surface area contributed by atoms with Gasteiger partial charge in [0.2, 0.25) is 11.8 Å². The fraction of sp³-hybridized carbons (Fsp3) is 0.355. The van der Waals surface area contributed by atoms with Gasteiger partial charge in [0.1, 0.15) is 18.4 Å². The van der Waals surface area contributed by atoms with Crippen molar-refractivity contribution in [3.05, 3.63) is 94.8 Å². The highest BCUT2D eigenvalue weighted by Gasteiger charge is 2.34. The Balaban J connectivity index is 1.70. The van der Waals surface area contributed by atoms with Crippen LogP contribution in [0.3, 0.4) is 0 Å². The molecule has 0 saturated heterocycles. The van der Waals surface area contributed by atoms with Crippen molar-refractivity contribution in [3.63, 3.8) is 0 Å². The standard InChI is InChI=1S/C31H35ClFN3O4S/c1-3-29(31(38)34-26-6-4-5-7-26)35(20-23-10-14-25(33)15-11-23)30(37)21-36(27-16-8-22(2)9-17-27)41(39,40)28-18-12-24(32)13-19-28/h8-19,26,29H,3-7,20-21H2,1-2H3,(H,34,38)/t29-/m0/s1. The number of nitrogens with zero attached hydrogens (tertiary/aromatic N) is 2. The predicted octanol–water partition coefficient (Wildman–Crippen LogP) is 5.85. The molecule has 1 aliphatic carbocycles. The van der Waals surface area contributed by atoms with E-state index in [-0.39, 0.29) is 23.4 Å². The molecule has 2 amide bonds. The minimum Gasteiger partial charge on any atom is -0.352 e. The molecule has 1 aliphatic rings. The number of amides is 2. The number of hydrogen-bond acceptors (Lipinski definition) is 4. The zero-order valence-electron chi connectivity index (χ0n) is 23.2. The lowest BCUT2D eigenvalue weighted by molar-refractivity contribution is -0.140. The van der Waals surface area contributed by atoms with Crippen molar-refractivity contribution in [2.45, 2.75) is 69.5 Å². The van der Waals surface area contributed by atoms with Crippen LogP contribution in [-0.4, -0.2) is 43.8 Å². The van der Waals surface area contributed by atoms with Crippen LogP contribution in [-0.2, 0) is 26.2 Å². The van der Waals surface area contributed by atoms with Crippen LogP contribution < -0.4 is 9.62 Å². The molecule has 1 N–H and O–H groups in total. The monoisotopic (exact) mass is 599 g/mol.